The van der Waals surface area contributed by atoms with Crippen molar-refractivity contribution >= 4 is 17.7 Å². The van der Waals surface area contributed by atoms with Gasteiger partial charge in [0.05, 0.1) is 13.2 Å². The molecule has 0 unspecified atom stereocenters. The zero-order valence-electron chi connectivity index (χ0n) is 16.2. The molecule has 3 rings (SSSR count). The fourth-order valence-electron chi connectivity index (χ4n) is 3.40. The first-order valence-electron chi connectivity index (χ1n) is 9.07. The van der Waals surface area contributed by atoms with Crippen LogP contribution in [0.1, 0.15) is 12.0 Å². The van der Waals surface area contributed by atoms with Gasteiger partial charge >= 0.3 is 0 Å². The number of amides is 1. The van der Waals surface area contributed by atoms with Crippen molar-refractivity contribution in [2.75, 3.05) is 27.7 Å². The van der Waals surface area contributed by atoms with Crippen molar-refractivity contribution < 1.29 is 18.3 Å². The van der Waals surface area contributed by atoms with E-state index in [4.69, 9.17) is 4.74 Å². The number of hydrogen-bond acceptors (Lipinski definition) is 4. The van der Waals surface area contributed by atoms with Gasteiger partial charge in [0, 0.05) is 37.3 Å². The van der Waals surface area contributed by atoms with Crippen molar-refractivity contribution in [1.29, 1.82) is 0 Å². The molecular weight excluding hydrogens is 382 g/mol. The van der Waals surface area contributed by atoms with Gasteiger partial charge in [0.1, 0.15) is 5.75 Å². The number of halogens is 2. The molecule has 150 valence electrons. The van der Waals surface area contributed by atoms with Crippen LogP contribution in [0.15, 0.2) is 47.4 Å². The van der Waals surface area contributed by atoms with Gasteiger partial charge in [0.25, 0.3) is 0 Å². The minimum absolute atomic E-state index is 0.0282. The van der Waals surface area contributed by atoms with Crippen LogP contribution in [0.5, 0.6) is 5.75 Å². The van der Waals surface area contributed by atoms with E-state index in [1.807, 2.05) is 24.3 Å². The maximum atomic E-state index is 13.6. The Labute approximate surface area is 168 Å². The molecule has 1 aliphatic rings. The average Bonchev–Trinajstić information content (AvgIpc) is 3.06. The normalized spacial score (nSPS) is 19.6. The molecule has 28 heavy (non-hydrogen) atoms. The molecule has 1 fully saturated rings. The van der Waals surface area contributed by atoms with E-state index in [9.17, 15) is 13.6 Å². The predicted octanol–water partition coefficient (Wildman–Crippen LogP) is 3.80. The van der Waals surface area contributed by atoms with Crippen LogP contribution < -0.4 is 4.74 Å². The van der Waals surface area contributed by atoms with Gasteiger partial charge in [0.2, 0.25) is 5.91 Å². The van der Waals surface area contributed by atoms with Crippen LogP contribution in [0.2, 0.25) is 0 Å². The maximum absolute atomic E-state index is 13.6. The summed E-state index contributed by atoms with van der Waals surface area (Å²) in [6, 6.07) is 11.5. The van der Waals surface area contributed by atoms with E-state index in [1.54, 1.807) is 43.9 Å². The largest absolute Gasteiger partial charge is 0.497 e. The van der Waals surface area contributed by atoms with Gasteiger partial charge in [-0.3, -0.25) is 9.69 Å². The summed E-state index contributed by atoms with van der Waals surface area (Å²) in [6.45, 7) is 1.10. The molecule has 2 aromatic rings. The molecule has 2 aromatic carbocycles. The van der Waals surface area contributed by atoms with Crippen LogP contribution in [0.4, 0.5) is 8.78 Å². The molecule has 0 radical (unpaired) electrons. The van der Waals surface area contributed by atoms with Gasteiger partial charge in [0.15, 0.2) is 11.6 Å². The Balaban J connectivity index is 1.74. The summed E-state index contributed by atoms with van der Waals surface area (Å²) in [6.07, 6.45) is 0.706. The molecule has 1 aliphatic heterocycles. The highest BCUT2D eigenvalue weighted by atomic mass is 32.2. The van der Waals surface area contributed by atoms with Crippen molar-refractivity contribution in [1.82, 2.24) is 9.80 Å². The second-order valence-corrected chi connectivity index (χ2v) is 8.45. The smallest absolute Gasteiger partial charge is 0.239 e. The molecule has 1 amide bonds. The molecule has 4 nitrogen and oxygen atoms in total. The number of thioether (sulfide) groups is 1. The Morgan fingerprint density at radius 1 is 1.18 bits per heavy atom. The molecule has 1 saturated heterocycles. The average molecular weight is 406 g/mol. The highest BCUT2D eigenvalue weighted by Gasteiger charge is 2.37. The van der Waals surface area contributed by atoms with E-state index in [0.29, 0.717) is 25.1 Å². The summed E-state index contributed by atoms with van der Waals surface area (Å²) in [5.41, 5.74) is 0.658. The monoisotopic (exact) mass is 406 g/mol. The molecule has 1 heterocycles. The van der Waals surface area contributed by atoms with Crippen molar-refractivity contribution in [2.24, 2.45) is 0 Å². The van der Waals surface area contributed by atoms with Crippen molar-refractivity contribution in [3.05, 3.63) is 59.7 Å². The fourth-order valence-corrected chi connectivity index (χ4v) is 4.62. The quantitative estimate of drug-likeness (QED) is 0.731. The van der Waals surface area contributed by atoms with E-state index in [2.05, 4.69) is 4.90 Å². The lowest BCUT2D eigenvalue weighted by molar-refractivity contribution is -0.133. The number of methoxy groups -OCH3 is 1. The predicted molar refractivity (Wildman–Crippen MR) is 107 cm³/mol. The Kier molecular flexibility index (Phi) is 6.57. The zero-order valence-corrected chi connectivity index (χ0v) is 17.0. The van der Waals surface area contributed by atoms with E-state index in [1.165, 1.54) is 6.07 Å². The topological polar surface area (TPSA) is 32.8 Å². The Morgan fingerprint density at radius 3 is 2.50 bits per heavy atom. The van der Waals surface area contributed by atoms with Crippen molar-refractivity contribution in [3.63, 3.8) is 0 Å². The number of nitrogens with zero attached hydrogens (tertiary/aromatic N) is 2. The number of ether oxygens (including phenoxy) is 1. The third-order valence-corrected chi connectivity index (χ3v) is 6.04. The maximum Gasteiger partial charge on any atom is 0.239 e. The SMILES string of the molecule is COc1ccc(S[C@@H]2C[C@@H](C(=O)N(C)C)N(Cc3ccc(F)c(F)c3)C2)cc1. The van der Waals surface area contributed by atoms with Crippen molar-refractivity contribution in [2.45, 2.75) is 29.2 Å². The van der Waals surface area contributed by atoms with Gasteiger partial charge in [-0.1, -0.05) is 6.07 Å². The number of carbonyl (C=O) groups is 1. The van der Waals surface area contributed by atoms with Gasteiger partial charge in [-0.15, -0.1) is 11.8 Å². The number of benzene rings is 2. The van der Waals surface area contributed by atoms with Gasteiger partial charge in [-0.05, 0) is 48.4 Å². The standard InChI is InChI=1S/C21H24F2N2O2S/c1-24(2)21(26)20-11-17(28-16-7-5-15(27-3)6-8-16)13-25(20)12-14-4-9-18(22)19(23)10-14/h4-10,17,20H,11-13H2,1-3H3/t17-,20+/m1/s1. The summed E-state index contributed by atoms with van der Waals surface area (Å²) in [4.78, 5) is 17.4. The number of rotatable bonds is 6. The Hall–Kier alpha value is -2.12. The Bertz CT molecular complexity index is 830. The van der Waals surface area contributed by atoms with Crippen LogP contribution >= 0.6 is 11.8 Å². The second-order valence-electron chi connectivity index (χ2n) is 7.08. The Morgan fingerprint density at radius 2 is 1.89 bits per heavy atom. The lowest BCUT2D eigenvalue weighted by Crippen LogP contribution is -2.42. The van der Waals surface area contributed by atoms with E-state index >= 15 is 0 Å². The molecule has 0 N–H and O–H groups in total. The minimum atomic E-state index is -0.864. The first-order valence-corrected chi connectivity index (χ1v) is 9.95. The molecular formula is C21H24F2N2O2S. The summed E-state index contributed by atoms with van der Waals surface area (Å²) in [5.74, 6) is -0.896. The molecule has 0 aliphatic carbocycles. The van der Waals surface area contributed by atoms with Crippen LogP contribution in [-0.2, 0) is 11.3 Å². The molecule has 0 saturated carbocycles. The van der Waals surface area contributed by atoms with E-state index < -0.39 is 11.6 Å². The van der Waals surface area contributed by atoms with Gasteiger partial charge in [-0.25, -0.2) is 8.78 Å². The lowest BCUT2D eigenvalue weighted by Gasteiger charge is -2.26. The van der Waals surface area contributed by atoms with E-state index in [0.717, 1.165) is 16.7 Å². The molecule has 7 heteroatoms. The third-order valence-electron chi connectivity index (χ3n) is 4.82. The fraction of sp³-hybridized carbons (Fsp3) is 0.381. The zero-order chi connectivity index (χ0) is 20.3. The lowest BCUT2D eigenvalue weighted by atomic mass is 10.1. The van der Waals surface area contributed by atoms with Crippen LogP contribution in [0.25, 0.3) is 0 Å². The summed E-state index contributed by atoms with van der Waals surface area (Å²) >= 11 is 1.72. The van der Waals surface area contributed by atoms with Crippen LogP contribution in [0.3, 0.4) is 0 Å². The summed E-state index contributed by atoms with van der Waals surface area (Å²) in [7, 11) is 5.11. The first kappa shape index (κ1) is 20.6. The number of hydrogen-bond donors (Lipinski definition) is 0. The highest BCUT2D eigenvalue weighted by Crippen LogP contribution is 2.35. The molecule has 0 spiro atoms. The molecule has 0 bridgehead atoms. The third kappa shape index (κ3) is 4.83. The van der Waals surface area contributed by atoms with Crippen molar-refractivity contribution in [3.8, 4) is 5.75 Å². The van der Waals surface area contributed by atoms with Crippen LogP contribution in [-0.4, -0.2) is 54.7 Å². The number of carbonyl (C=O) groups excluding carboxylic acids is 1. The first-order chi connectivity index (χ1) is 13.4. The molecule has 0 aromatic heterocycles. The minimum Gasteiger partial charge on any atom is -0.497 e. The van der Waals surface area contributed by atoms with Gasteiger partial charge < -0.3 is 9.64 Å². The van der Waals surface area contributed by atoms with E-state index in [-0.39, 0.29) is 17.2 Å². The van der Waals surface area contributed by atoms with Crippen LogP contribution in [0, 0.1) is 11.6 Å². The molecule has 2 atom stereocenters. The highest BCUT2D eigenvalue weighted by molar-refractivity contribution is 8.00. The summed E-state index contributed by atoms with van der Waals surface area (Å²) < 4.78 is 32.0. The van der Waals surface area contributed by atoms with Gasteiger partial charge in [-0.2, -0.15) is 0 Å². The second kappa shape index (κ2) is 8.92. The summed E-state index contributed by atoms with van der Waals surface area (Å²) in [5, 5.41) is 0.229. The number of likely N-dealkylation sites (tertiary alicyclic amines) is 1. The number of likely N-dealkylation sites (N-methyl/N-ethyl adjacent to an activating group) is 1.